The predicted octanol–water partition coefficient (Wildman–Crippen LogP) is 3.64. The molecular weight excluding hydrogens is 264 g/mol. The van der Waals surface area contributed by atoms with Crippen LogP contribution in [0.2, 0.25) is 0 Å². The van der Waals surface area contributed by atoms with Crippen molar-refractivity contribution >= 4 is 5.84 Å². The summed E-state index contributed by atoms with van der Waals surface area (Å²) in [7, 11) is 1.61. The lowest BCUT2D eigenvalue weighted by Gasteiger charge is -2.14. The number of hydrogen-bond donors (Lipinski definition) is 2. The normalized spacial score (nSPS) is 10.2. The maximum Gasteiger partial charge on any atom is 0.169 e. The topological polar surface area (TPSA) is 68.3 Å². The van der Waals surface area contributed by atoms with Crippen molar-refractivity contribution in [2.24, 2.45) is 5.73 Å². The summed E-state index contributed by atoms with van der Waals surface area (Å²) in [5.41, 5.74) is 8.41. The van der Waals surface area contributed by atoms with E-state index < -0.39 is 0 Å². The Morgan fingerprint density at radius 3 is 2.43 bits per heavy atom. The third-order valence-corrected chi connectivity index (χ3v) is 3.28. The average Bonchev–Trinajstić information content (AvgIpc) is 2.49. The molecule has 0 saturated carbocycles. The zero-order chi connectivity index (χ0) is 15.4. The van der Waals surface area contributed by atoms with Gasteiger partial charge in [-0.1, -0.05) is 24.6 Å². The zero-order valence-corrected chi connectivity index (χ0v) is 12.6. The highest BCUT2D eigenvalue weighted by Gasteiger charge is 2.11. The van der Waals surface area contributed by atoms with Gasteiger partial charge in [0, 0.05) is 0 Å². The van der Waals surface area contributed by atoms with Crippen LogP contribution in [-0.2, 0) is 6.42 Å². The Morgan fingerprint density at radius 2 is 1.81 bits per heavy atom. The Kier molecular flexibility index (Phi) is 4.48. The number of rotatable bonds is 5. The average molecular weight is 284 g/mol. The maximum atomic E-state index is 7.67. The van der Waals surface area contributed by atoms with Crippen LogP contribution in [-0.4, -0.2) is 12.9 Å². The highest BCUT2D eigenvalue weighted by molar-refractivity contribution is 5.97. The van der Waals surface area contributed by atoms with Gasteiger partial charge in [-0.05, 0) is 43.2 Å². The number of hydrogen-bond acceptors (Lipinski definition) is 3. The van der Waals surface area contributed by atoms with Crippen LogP contribution < -0.4 is 15.2 Å². The number of ether oxygens (including phenoxy) is 2. The van der Waals surface area contributed by atoms with Crippen LogP contribution in [0.25, 0.3) is 0 Å². The highest BCUT2D eigenvalue weighted by Crippen LogP contribution is 2.34. The monoisotopic (exact) mass is 284 g/mol. The molecule has 2 aromatic carbocycles. The van der Waals surface area contributed by atoms with E-state index >= 15 is 0 Å². The van der Waals surface area contributed by atoms with Crippen molar-refractivity contribution in [3.8, 4) is 17.2 Å². The smallest absolute Gasteiger partial charge is 0.169 e. The first-order chi connectivity index (χ1) is 10.0. The van der Waals surface area contributed by atoms with Crippen LogP contribution in [0.4, 0.5) is 0 Å². The lowest BCUT2D eigenvalue weighted by molar-refractivity contribution is 0.378. The molecule has 0 saturated heterocycles. The van der Waals surface area contributed by atoms with Gasteiger partial charge in [0.2, 0.25) is 0 Å². The molecule has 0 aromatic heterocycles. The second-order valence-corrected chi connectivity index (χ2v) is 4.85. The molecule has 2 rings (SSSR count). The minimum absolute atomic E-state index is 0.0159. The number of benzene rings is 2. The SMILES string of the molecule is CCc1ccc(Oc2ccc(C)cc2C(=N)N)c(OC)c1. The first-order valence-corrected chi connectivity index (χ1v) is 6.85. The summed E-state index contributed by atoms with van der Waals surface area (Å²) in [5, 5.41) is 7.67. The maximum absolute atomic E-state index is 7.67. The molecule has 0 unspecified atom stereocenters. The Morgan fingerprint density at radius 1 is 1.10 bits per heavy atom. The van der Waals surface area contributed by atoms with Crippen molar-refractivity contribution in [2.75, 3.05) is 7.11 Å². The van der Waals surface area contributed by atoms with Gasteiger partial charge in [0.05, 0.1) is 12.7 Å². The fourth-order valence-electron chi connectivity index (χ4n) is 2.08. The molecule has 0 fully saturated rings. The van der Waals surface area contributed by atoms with E-state index in [-0.39, 0.29) is 5.84 Å². The van der Waals surface area contributed by atoms with E-state index in [0.717, 1.165) is 12.0 Å². The summed E-state index contributed by atoms with van der Waals surface area (Å²) in [4.78, 5) is 0. The van der Waals surface area contributed by atoms with E-state index in [1.165, 1.54) is 5.56 Å². The second-order valence-electron chi connectivity index (χ2n) is 4.85. The molecule has 4 nitrogen and oxygen atoms in total. The summed E-state index contributed by atoms with van der Waals surface area (Å²) in [6.07, 6.45) is 0.930. The summed E-state index contributed by atoms with van der Waals surface area (Å²) in [6.45, 7) is 4.04. The van der Waals surface area contributed by atoms with Gasteiger partial charge in [-0.15, -0.1) is 0 Å². The molecular formula is C17H20N2O2. The molecule has 4 heteroatoms. The molecule has 0 aliphatic carbocycles. The molecule has 0 heterocycles. The number of amidine groups is 1. The first-order valence-electron chi connectivity index (χ1n) is 6.85. The summed E-state index contributed by atoms with van der Waals surface area (Å²) in [6, 6.07) is 11.4. The van der Waals surface area contributed by atoms with Gasteiger partial charge >= 0.3 is 0 Å². The second kappa shape index (κ2) is 6.31. The molecule has 0 spiro atoms. The van der Waals surface area contributed by atoms with E-state index in [9.17, 15) is 0 Å². The van der Waals surface area contributed by atoms with Gasteiger partial charge in [-0.2, -0.15) is 0 Å². The number of nitrogens with two attached hydrogens (primary N) is 1. The largest absolute Gasteiger partial charge is 0.493 e. The Hall–Kier alpha value is -2.49. The quantitative estimate of drug-likeness (QED) is 0.650. The van der Waals surface area contributed by atoms with Crippen LogP contribution >= 0.6 is 0 Å². The highest BCUT2D eigenvalue weighted by atomic mass is 16.5. The number of aryl methyl sites for hydroxylation is 2. The molecule has 110 valence electrons. The van der Waals surface area contributed by atoms with Gasteiger partial charge in [-0.25, -0.2) is 0 Å². The molecule has 2 aromatic rings. The van der Waals surface area contributed by atoms with Crippen LogP contribution in [0.3, 0.4) is 0 Å². The third-order valence-electron chi connectivity index (χ3n) is 3.28. The number of nitrogen functional groups attached to an aromatic ring is 1. The lowest BCUT2D eigenvalue weighted by atomic mass is 10.1. The van der Waals surface area contributed by atoms with Gasteiger partial charge in [0.1, 0.15) is 11.6 Å². The minimum Gasteiger partial charge on any atom is -0.493 e. The summed E-state index contributed by atoms with van der Waals surface area (Å²) < 4.78 is 11.3. The van der Waals surface area contributed by atoms with Crippen molar-refractivity contribution in [1.82, 2.24) is 0 Å². The van der Waals surface area contributed by atoms with E-state index in [1.807, 2.05) is 43.3 Å². The van der Waals surface area contributed by atoms with E-state index in [4.69, 9.17) is 20.6 Å². The third kappa shape index (κ3) is 3.34. The Bertz CT molecular complexity index is 666. The molecule has 0 amide bonds. The van der Waals surface area contributed by atoms with Crippen molar-refractivity contribution in [3.05, 3.63) is 53.1 Å². The zero-order valence-electron chi connectivity index (χ0n) is 12.6. The van der Waals surface area contributed by atoms with Crippen LogP contribution in [0.15, 0.2) is 36.4 Å². The van der Waals surface area contributed by atoms with Crippen LogP contribution in [0.1, 0.15) is 23.6 Å². The van der Waals surface area contributed by atoms with Crippen LogP contribution in [0, 0.1) is 12.3 Å². The van der Waals surface area contributed by atoms with Gasteiger partial charge in [0.25, 0.3) is 0 Å². The molecule has 0 bridgehead atoms. The minimum atomic E-state index is -0.0159. The van der Waals surface area contributed by atoms with Crippen molar-refractivity contribution < 1.29 is 9.47 Å². The molecule has 0 aliphatic rings. The standard InChI is InChI=1S/C17H20N2O2/c1-4-12-6-8-15(16(10-12)20-3)21-14-7-5-11(2)9-13(14)17(18)19/h5-10H,4H2,1-3H3,(H3,18,19). The van der Waals surface area contributed by atoms with E-state index in [1.54, 1.807) is 7.11 Å². The van der Waals surface area contributed by atoms with Gasteiger partial charge in [-0.3, -0.25) is 5.41 Å². The summed E-state index contributed by atoms with van der Waals surface area (Å²) >= 11 is 0. The number of nitrogens with one attached hydrogen (secondary N) is 1. The fourth-order valence-corrected chi connectivity index (χ4v) is 2.08. The Balaban J connectivity index is 2.40. The molecule has 0 atom stereocenters. The summed E-state index contributed by atoms with van der Waals surface area (Å²) in [5.74, 6) is 1.82. The van der Waals surface area contributed by atoms with Crippen molar-refractivity contribution in [2.45, 2.75) is 20.3 Å². The van der Waals surface area contributed by atoms with E-state index in [2.05, 4.69) is 6.92 Å². The predicted molar refractivity (Wildman–Crippen MR) is 84.6 cm³/mol. The van der Waals surface area contributed by atoms with Gasteiger partial charge in [0.15, 0.2) is 11.5 Å². The first kappa shape index (κ1) is 14.9. The molecule has 0 aliphatic heterocycles. The Labute approximate surface area is 125 Å². The van der Waals surface area contributed by atoms with Crippen molar-refractivity contribution in [3.63, 3.8) is 0 Å². The molecule has 21 heavy (non-hydrogen) atoms. The van der Waals surface area contributed by atoms with Crippen LogP contribution in [0.5, 0.6) is 17.2 Å². The number of methoxy groups -OCH3 is 1. The van der Waals surface area contributed by atoms with Gasteiger partial charge < -0.3 is 15.2 Å². The lowest BCUT2D eigenvalue weighted by Crippen LogP contribution is -2.12. The molecule has 0 radical (unpaired) electrons. The fraction of sp³-hybridized carbons (Fsp3) is 0.235. The van der Waals surface area contributed by atoms with Crippen molar-refractivity contribution in [1.29, 1.82) is 5.41 Å². The molecule has 3 N–H and O–H groups in total. The van der Waals surface area contributed by atoms with E-state index in [0.29, 0.717) is 22.8 Å².